The zero-order valence-corrected chi connectivity index (χ0v) is 15.0. The van der Waals surface area contributed by atoms with Crippen molar-refractivity contribution in [2.45, 2.75) is 18.1 Å². The summed E-state index contributed by atoms with van der Waals surface area (Å²) in [6.45, 7) is 2.26. The van der Waals surface area contributed by atoms with Crippen LogP contribution in [0.15, 0.2) is 46.2 Å². The molecule has 0 radical (unpaired) electrons. The number of carbonyl (C=O) groups excluding carboxylic acids is 1. The average Bonchev–Trinajstić information content (AvgIpc) is 2.55. The van der Waals surface area contributed by atoms with Gasteiger partial charge in [-0.25, -0.2) is 9.97 Å². The third-order valence-electron chi connectivity index (χ3n) is 3.01. The molecule has 2 aromatic heterocycles. The summed E-state index contributed by atoms with van der Waals surface area (Å²) < 4.78 is 38.3. The molecule has 4 nitrogen and oxygen atoms in total. The lowest BCUT2D eigenvalue weighted by molar-refractivity contribution is -0.137. The van der Waals surface area contributed by atoms with Gasteiger partial charge in [-0.15, -0.1) is 0 Å². The Bertz CT molecular complexity index is 693. The number of nitrogens with zero attached hydrogens (tertiary/aromatic N) is 3. The van der Waals surface area contributed by atoms with E-state index < -0.39 is 11.7 Å². The van der Waals surface area contributed by atoms with E-state index in [0.29, 0.717) is 17.4 Å². The molecule has 2 rings (SSSR count). The standard InChI is InChI=1S/C15H13BrF3N3OS/c1-2-22(12-5-4-11(16)8-20-12)14(23)9-24-13-6-3-10(7-21-13)15(17,18)19/h3-8H,2,9H2,1H3. The van der Waals surface area contributed by atoms with Crippen LogP contribution in [0.3, 0.4) is 0 Å². The topological polar surface area (TPSA) is 46.1 Å². The van der Waals surface area contributed by atoms with Gasteiger partial charge in [0.2, 0.25) is 5.91 Å². The molecule has 2 aromatic rings. The SMILES string of the molecule is CCN(C(=O)CSc1ccc(C(F)(F)F)cn1)c1ccc(Br)cn1. The van der Waals surface area contributed by atoms with Crippen molar-refractivity contribution in [3.8, 4) is 0 Å². The molecule has 0 aliphatic rings. The summed E-state index contributed by atoms with van der Waals surface area (Å²) in [6, 6.07) is 5.71. The van der Waals surface area contributed by atoms with E-state index in [1.807, 2.05) is 6.92 Å². The minimum atomic E-state index is -4.42. The van der Waals surface area contributed by atoms with Crippen molar-refractivity contribution in [1.29, 1.82) is 0 Å². The monoisotopic (exact) mass is 419 g/mol. The van der Waals surface area contributed by atoms with Crippen molar-refractivity contribution in [2.24, 2.45) is 0 Å². The Kier molecular flexibility index (Phi) is 6.22. The highest BCUT2D eigenvalue weighted by molar-refractivity contribution is 9.10. The van der Waals surface area contributed by atoms with E-state index in [2.05, 4.69) is 25.9 Å². The van der Waals surface area contributed by atoms with Gasteiger partial charge in [0.05, 0.1) is 16.3 Å². The lowest BCUT2D eigenvalue weighted by Crippen LogP contribution is -2.32. The molecule has 128 valence electrons. The number of pyridine rings is 2. The van der Waals surface area contributed by atoms with Crippen LogP contribution in [0.1, 0.15) is 12.5 Å². The minimum Gasteiger partial charge on any atom is -0.296 e. The second-order valence-corrected chi connectivity index (χ2v) is 6.56. The van der Waals surface area contributed by atoms with Crippen LogP contribution in [-0.4, -0.2) is 28.2 Å². The highest BCUT2D eigenvalue weighted by atomic mass is 79.9. The Morgan fingerprint density at radius 3 is 2.46 bits per heavy atom. The van der Waals surface area contributed by atoms with Crippen LogP contribution in [0.25, 0.3) is 0 Å². The Morgan fingerprint density at radius 2 is 1.96 bits per heavy atom. The normalized spacial score (nSPS) is 11.4. The molecule has 0 saturated carbocycles. The number of hydrogen-bond acceptors (Lipinski definition) is 4. The number of hydrogen-bond donors (Lipinski definition) is 0. The van der Waals surface area contributed by atoms with Gasteiger partial charge in [-0.2, -0.15) is 13.2 Å². The summed E-state index contributed by atoms with van der Waals surface area (Å²) in [4.78, 5) is 21.7. The van der Waals surface area contributed by atoms with Crippen LogP contribution in [0, 0.1) is 0 Å². The van der Waals surface area contributed by atoms with Gasteiger partial charge in [0, 0.05) is 23.4 Å². The molecule has 0 spiro atoms. The lowest BCUT2D eigenvalue weighted by atomic mass is 10.3. The van der Waals surface area contributed by atoms with Gasteiger partial charge >= 0.3 is 6.18 Å². The number of anilines is 1. The van der Waals surface area contributed by atoms with Gasteiger partial charge in [0.1, 0.15) is 5.82 Å². The molecular formula is C15H13BrF3N3OS. The minimum absolute atomic E-state index is 0.0595. The zero-order valence-electron chi connectivity index (χ0n) is 12.5. The molecule has 0 fully saturated rings. The van der Waals surface area contributed by atoms with Crippen molar-refractivity contribution in [2.75, 3.05) is 17.2 Å². The summed E-state index contributed by atoms with van der Waals surface area (Å²) in [7, 11) is 0. The van der Waals surface area contributed by atoms with Crippen LogP contribution < -0.4 is 4.90 Å². The molecule has 0 saturated heterocycles. The first-order chi connectivity index (χ1) is 11.3. The molecule has 1 amide bonds. The first-order valence-corrected chi connectivity index (χ1v) is 8.67. The average molecular weight is 420 g/mol. The maximum atomic E-state index is 12.5. The predicted octanol–water partition coefficient (Wildman–Crippen LogP) is 4.40. The Labute approximate surface area is 149 Å². The molecule has 0 bridgehead atoms. The van der Waals surface area contributed by atoms with E-state index >= 15 is 0 Å². The fraction of sp³-hybridized carbons (Fsp3) is 0.267. The molecule has 24 heavy (non-hydrogen) atoms. The summed E-state index contributed by atoms with van der Waals surface area (Å²) >= 11 is 4.36. The molecule has 2 heterocycles. The number of rotatable bonds is 5. The van der Waals surface area contributed by atoms with Crippen molar-refractivity contribution in [3.63, 3.8) is 0 Å². The number of aromatic nitrogens is 2. The second kappa shape index (κ2) is 7.98. The number of alkyl halides is 3. The predicted molar refractivity (Wildman–Crippen MR) is 89.9 cm³/mol. The van der Waals surface area contributed by atoms with E-state index in [4.69, 9.17) is 0 Å². The number of carbonyl (C=O) groups is 1. The zero-order chi connectivity index (χ0) is 17.7. The molecule has 0 aliphatic heterocycles. The second-order valence-electron chi connectivity index (χ2n) is 4.64. The highest BCUT2D eigenvalue weighted by Crippen LogP contribution is 2.29. The summed E-state index contributed by atoms with van der Waals surface area (Å²) in [5.41, 5.74) is -0.813. The maximum absolute atomic E-state index is 12.5. The third-order valence-corrected chi connectivity index (χ3v) is 4.41. The molecule has 0 aromatic carbocycles. The van der Waals surface area contributed by atoms with Crippen LogP contribution in [0.5, 0.6) is 0 Å². The Hall–Kier alpha value is -1.61. The van der Waals surface area contributed by atoms with E-state index in [1.54, 1.807) is 18.3 Å². The first-order valence-electron chi connectivity index (χ1n) is 6.89. The molecular weight excluding hydrogens is 407 g/mol. The number of amides is 1. The van der Waals surface area contributed by atoms with Crippen molar-refractivity contribution >= 4 is 39.4 Å². The van der Waals surface area contributed by atoms with Crippen molar-refractivity contribution in [3.05, 3.63) is 46.7 Å². The first kappa shape index (κ1) is 18.7. The summed E-state index contributed by atoms with van der Waals surface area (Å²) in [6.07, 6.45) is -2.06. The van der Waals surface area contributed by atoms with Crippen molar-refractivity contribution < 1.29 is 18.0 Å². The van der Waals surface area contributed by atoms with Crippen LogP contribution in [-0.2, 0) is 11.0 Å². The van der Waals surface area contributed by atoms with E-state index in [-0.39, 0.29) is 11.7 Å². The summed E-state index contributed by atoms with van der Waals surface area (Å²) in [5, 5.41) is 0.358. The van der Waals surface area contributed by atoms with Gasteiger partial charge in [-0.3, -0.25) is 9.69 Å². The quantitative estimate of drug-likeness (QED) is 0.673. The van der Waals surface area contributed by atoms with E-state index in [9.17, 15) is 18.0 Å². The van der Waals surface area contributed by atoms with Crippen LogP contribution in [0.4, 0.5) is 19.0 Å². The van der Waals surface area contributed by atoms with E-state index in [0.717, 1.165) is 28.5 Å². The highest BCUT2D eigenvalue weighted by Gasteiger charge is 2.30. The number of halogens is 4. The van der Waals surface area contributed by atoms with E-state index in [1.165, 1.54) is 11.0 Å². The molecule has 0 atom stereocenters. The van der Waals surface area contributed by atoms with Gasteiger partial charge < -0.3 is 0 Å². The van der Waals surface area contributed by atoms with Gasteiger partial charge in [-0.05, 0) is 47.1 Å². The van der Waals surface area contributed by atoms with Gasteiger partial charge in [-0.1, -0.05) is 11.8 Å². The smallest absolute Gasteiger partial charge is 0.296 e. The Morgan fingerprint density at radius 1 is 1.21 bits per heavy atom. The molecule has 9 heteroatoms. The number of thioether (sulfide) groups is 1. The van der Waals surface area contributed by atoms with Gasteiger partial charge in [0.25, 0.3) is 0 Å². The fourth-order valence-corrected chi connectivity index (χ4v) is 2.79. The van der Waals surface area contributed by atoms with Crippen LogP contribution in [0.2, 0.25) is 0 Å². The maximum Gasteiger partial charge on any atom is 0.417 e. The largest absolute Gasteiger partial charge is 0.417 e. The fourth-order valence-electron chi connectivity index (χ4n) is 1.84. The van der Waals surface area contributed by atoms with Gasteiger partial charge in [0.15, 0.2) is 0 Å². The van der Waals surface area contributed by atoms with Crippen LogP contribution >= 0.6 is 27.7 Å². The third kappa shape index (κ3) is 4.94. The molecule has 0 unspecified atom stereocenters. The lowest BCUT2D eigenvalue weighted by Gasteiger charge is -2.19. The molecule has 0 aliphatic carbocycles. The van der Waals surface area contributed by atoms with Crippen molar-refractivity contribution in [1.82, 2.24) is 9.97 Å². The Balaban J connectivity index is 1.99. The summed E-state index contributed by atoms with van der Waals surface area (Å²) in [5.74, 6) is 0.384. The molecule has 0 N–H and O–H groups in total.